The molecule has 4 heteroatoms. The summed E-state index contributed by atoms with van der Waals surface area (Å²) in [6.07, 6.45) is -0.0738. The molecule has 0 heterocycles. The molecule has 0 bridgehead atoms. The van der Waals surface area contributed by atoms with Crippen LogP contribution in [0.3, 0.4) is 0 Å². The smallest absolute Gasteiger partial charge is 0.258 e. The van der Waals surface area contributed by atoms with Crippen LogP contribution in [0.25, 0.3) is 0 Å². The lowest BCUT2D eigenvalue weighted by Crippen LogP contribution is -2.29. The SMILES string of the molecule is CNC[C@@]1(COCc2ccccc2)CC1(F)F. The summed E-state index contributed by atoms with van der Waals surface area (Å²) in [6.45, 7) is 0.799. The molecule has 0 amide bonds. The second kappa shape index (κ2) is 4.70. The molecule has 0 spiro atoms. The van der Waals surface area contributed by atoms with E-state index in [1.807, 2.05) is 30.3 Å². The summed E-state index contributed by atoms with van der Waals surface area (Å²) < 4.78 is 31.9. The van der Waals surface area contributed by atoms with Crippen molar-refractivity contribution in [1.29, 1.82) is 0 Å². The Labute approximate surface area is 100.0 Å². The maximum Gasteiger partial charge on any atom is 0.258 e. The van der Waals surface area contributed by atoms with Crippen molar-refractivity contribution in [3.63, 3.8) is 0 Å². The number of nitrogens with one attached hydrogen (secondary N) is 1. The van der Waals surface area contributed by atoms with Gasteiger partial charge in [-0.3, -0.25) is 0 Å². The van der Waals surface area contributed by atoms with Crippen molar-refractivity contribution in [3.8, 4) is 0 Å². The van der Waals surface area contributed by atoms with E-state index in [1.54, 1.807) is 7.05 Å². The van der Waals surface area contributed by atoms with Crippen molar-refractivity contribution in [1.82, 2.24) is 5.32 Å². The van der Waals surface area contributed by atoms with E-state index in [9.17, 15) is 8.78 Å². The summed E-state index contributed by atoms with van der Waals surface area (Å²) in [6, 6.07) is 9.59. The van der Waals surface area contributed by atoms with Gasteiger partial charge in [0.1, 0.15) is 0 Å². The van der Waals surface area contributed by atoms with Crippen molar-refractivity contribution in [2.24, 2.45) is 5.41 Å². The fourth-order valence-corrected chi connectivity index (χ4v) is 2.06. The molecule has 17 heavy (non-hydrogen) atoms. The molecule has 2 nitrogen and oxygen atoms in total. The van der Waals surface area contributed by atoms with Crippen LogP contribution in [-0.4, -0.2) is 26.1 Å². The van der Waals surface area contributed by atoms with E-state index in [-0.39, 0.29) is 13.0 Å². The third kappa shape index (κ3) is 2.64. The number of alkyl halides is 2. The fourth-order valence-electron chi connectivity index (χ4n) is 2.06. The Hall–Kier alpha value is -1.00. The molecular weight excluding hydrogens is 224 g/mol. The van der Waals surface area contributed by atoms with Crippen LogP contribution in [0, 0.1) is 5.41 Å². The van der Waals surface area contributed by atoms with Gasteiger partial charge in [0.05, 0.1) is 18.6 Å². The standard InChI is InChI=1S/C13H17F2NO/c1-16-9-12(8-13(12,14)15)10-17-7-11-5-3-2-4-6-11/h2-6,16H,7-10H2,1H3/t12-/m1/s1. The second-order valence-electron chi connectivity index (χ2n) is 4.67. The van der Waals surface area contributed by atoms with Crippen LogP contribution in [0.1, 0.15) is 12.0 Å². The van der Waals surface area contributed by atoms with Crippen LogP contribution < -0.4 is 5.32 Å². The second-order valence-corrected chi connectivity index (χ2v) is 4.67. The third-order valence-electron chi connectivity index (χ3n) is 3.22. The lowest BCUT2D eigenvalue weighted by molar-refractivity contribution is 0.00401. The zero-order valence-corrected chi connectivity index (χ0v) is 9.88. The zero-order valence-electron chi connectivity index (χ0n) is 9.88. The number of halogens is 2. The largest absolute Gasteiger partial charge is 0.376 e. The molecule has 94 valence electrons. The number of hydrogen-bond donors (Lipinski definition) is 1. The van der Waals surface area contributed by atoms with E-state index >= 15 is 0 Å². The monoisotopic (exact) mass is 241 g/mol. The van der Waals surface area contributed by atoms with Gasteiger partial charge in [-0.05, 0) is 12.6 Å². The Morgan fingerprint density at radius 1 is 1.29 bits per heavy atom. The van der Waals surface area contributed by atoms with Gasteiger partial charge in [-0.15, -0.1) is 0 Å². The average Bonchev–Trinajstić information content (AvgIpc) is 2.82. The van der Waals surface area contributed by atoms with Crippen molar-refractivity contribution in [2.75, 3.05) is 20.2 Å². The minimum Gasteiger partial charge on any atom is -0.376 e. The highest BCUT2D eigenvalue weighted by atomic mass is 19.3. The molecule has 0 aromatic heterocycles. The minimum absolute atomic E-state index is 0.0738. The molecule has 1 aliphatic rings. The Morgan fingerprint density at radius 2 is 1.94 bits per heavy atom. The maximum absolute atomic E-state index is 13.2. The van der Waals surface area contributed by atoms with E-state index in [1.165, 1.54) is 0 Å². The molecular formula is C13H17F2NO. The topological polar surface area (TPSA) is 21.3 Å². The zero-order chi connectivity index (χ0) is 12.4. The lowest BCUT2D eigenvalue weighted by atomic mass is 10.1. The van der Waals surface area contributed by atoms with Crippen molar-refractivity contribution in [2.45, 2.75) is 19.0 Å². The van der Waals surface area contributed by atoms with Crippen molar-refractivity contribution >= 4 is 0 Å². The fraction of sp³-hybridized carbons (Fsp3) is 0.538. The lowest BCUT2D eigenvalue weighted by Gasteiger charge is -2.16. The van der Waals surface area contributed by atoms with E-state index in [0.717, 1.165) is 5.56 Å². The summed E-state index contributed by atoms with van der Waals surface area (Å²) in [5.74, 6) is -2.58. The van der Waals surface area contributed by atoms with Gasteiger partial charge in [-0.25, -0.2) is 8.78 Å². The Bertz CT molecular complexity index is 369. The molecule has 0 radical (unpaired) electrons. The molecule has 2 rings (SSSR count). The summed E-state index contributed by atoms with van der Waals surface area (Å²) in [7, 11) is 1.69. The van der Waals surface area contributed by atoms with Gasteiger partial charge in [0.15, 0.2) is 0 Å². The highest BCUT2D eigenvalue weighted by Gasteiger charge is 2.70. The van der Waals surface area contributed by atoms with Gasteiger partial charge in [0.2, 0.25) is 0 Å². The predicted octanol–water partition coefficient (Wildman–Crippen LogP) is 2.45. The number of benzene rings is 1. The first kappa shape index (κ1) is 12.5. The summed E-state index contributed by atoms with van der Waals surface area (Å²) >= 11 is 0. The van der Waals surface area contributed by atoms with Crippen LogP contribution in [0.4, 0.5) is 8.78 Å². The molecule has 1 saturated carbocycles. The predicted molar refractivity (Wildman–Crippen MR) is 62.0 cm³/mol. The quantitative estimate of drug-likeness (QED) is 0.826. The third-order valence-corrected chi connectivity index (χ3v) is 3.22. The van der Waals surface area contributed by atoms with Gasteiger partial charge in [0, 0.05) is 13.0 Å². The molecule has 1 aliphatic carbocycles. The van der Waals surface area contributed by atoms with Gasteiger partial charge >= 0.3 is 0 Å². The van der Waals surface area contributed by atoms with Crippen LogP contribution in [0.15, 0.2) is 30.3 Å². The minimum atomic E-state index is -2.58. The first-order chi connectivity index (χ1) is 8.10. The molecule has 0 unspecified atom stereocenters. The van der Waals surface area contributed by atoms with Crippen LogP contribution in [0.2, 0.25) is 0 Å². The molecule has 1 fully saturated rings. The average molecular weight is 241 g/mol. The maximum atomic E-state index is 13.2. The molecule has 1 atom stereocenters. The van der Waals surface area contributed by atoms with Crippen molar-refractivity contribution in [3.05, 3.63) is 35.9 Å². The molecule has 1 aromatic rings. The molecule has 1 aromatic carbocycles. The Morgan fingerprint density at radius 3 is 2.47 bits per heavy atom. The number of rotatable bonds is 6. The Balaban J connectivity index is 1.82. The van der Waals surface area contributed by atoms with Gasteiger partial charge in [-0.1, -0.05) is 30.3 Å². The van der Waals surface area contributed by atoms with Crippen molar-refractivity contribution < 1.29 is 13.5 Å². The molecule has 1 N–H and O–H groups in total. The van der Waals surface area contributed by atoms with Crippen LogP contribution in [-0.2, 0) is 11.3 Å². The van der Waals surface area contributed by atoms with Gasteiger partial charge in [0.25, 0.3) is 5.92 Å². The Kier molecular flexibility index (Phi) is 3.45. The first-order valence-electron chi connectivity index (χ1n) is 5.74. The van der Waals surface area contributed by atoms with E-state index in [0.29, 0.717) is 13.2 Å². The van der Waals surface area contributed by atoms with Gasteiger partial charge in [-0.2, -0.15) is 0 Å². The van der Waals surface area contributed by atoms with E-state index < -0.39 is 11.3 Å². The number of ether oxygens (including phenoxy) is 1. The summed E-state index contributed by atoms with van der Waals surface area (Å²) in [4.78, 5) is 0. The summed E-state index contributed by atoms with van der Waals surface area (Å²) in [5, 5.41) is 2.81. The van der Waals surface area contributed by atoms with Crippen LogP contribution in [0.5, 0.6) is 0 Å². The first-order valence-corrected chi connectivity index (χ1v) is 5.74. The van der Waals surface area contributed by atoms with E-state index in [2.05, 4.69) is 5.32 Å². The van der Waals surface area contributed by atoms with Gasteiger partial charge < -0.3 is 10.1 Å². The van der Waals surface area contributed by atoms with Crippen LogP contribution >= 0.6 is 0 Å². The number of hydrogen-bond acceptors (Lipinski definition) is 2. The normalized spacial score (nSPS) is 25.8. The molecule has 0 aliphatic heterocycles. The van der Waals surface area contributed by atoms with E-state index in [4.69, 9.17) is 4.74 Å². The highest BCUT2D eigenvalue weighted by molar-refractivity contribution is 5.14. The molecule has 0 saturated heterocycles. The highest BCUT2D eigenvalue weighted by Crippen LogP contribution is 2.60. The summed E-state index contributed by atoms with van der Waals surface area (Å²) in [5.41, 5.74) is 0.0207.